The highest BCUT2D eigenvalue weighted by Crippen LogP contribution is 2.01. The van der Waals surface area contributed by atoms with E-state index in [1.807, 2.05) is 6.07 Å². The number of hydrogen-bond donors (Lipinski definition) is 0. The average Bonchev–Trinajstić information content (AvgIpc) is 2.27. The molecule has 0 radical (unpaired) electrons. The molecule has 0 saturated heterocycles. The molecule has 0 aliphatic heterocycles. The zero-order valence-electron chi connectivity index (χ0n) is 10.3. The molecule has 1 rings (SSSR count). The van der Waals surface area contributed by atoms with E-state index in [-0.39, 0.29) is 5.78 Å². The molecule has 0 heterocycles. The van der Waals surface area contributed by atoms with Crippen molar-refractivity contribution in [3.8, 4) is 0 Å². The van der Waals surface area contributed by atoms with Gasteiger partial charge in [0.05, 0.1) is 0 Å². The second kappa shape index (κ2) is 7.18. The summed E-state index contributed by atoms with van der Waals surface area (Å²) in [7, 11) is 2.11. The van der Waals surface area contributed by atoms with Gasteiger partial charge in [-0.25, -0.2) is 0 Å². The van der Waals surface area contributed by atoms with Crippen LogP contribution in [0, 0.1) is 0 Å². The number of carbonyl (C=O) groups excluding carboxylic acids is 1. The number of benzene rings is 1. The summed E-state index contributed by atoms with van der Waals surface area (Å²) in [5.41, 5.74) is 1.38. The van der Waals surface area contributed by atoms with Gasteiger partial charge in [0.25, 0.3) is 0 Å². The number of ketones is 1. The van der Waals surface area contributed by atoms with Crippen LogP contribution in [-0.2, 0) is 11.2 Å². The molecule has 2 heteroatoms. The summed E-state index contributed by atoms with van der Waals surface area (Å²) in [6.45, 7) is 3.72. The van der Waals surface area contributed by atoms with Crippen molar-refractivity contribution in [2.24, 2.45) is 0 Å². The lowest BCUT2D eigenvalue weighted by Crippen LogP contribution is -2.22. The van der Waals surface area contributed by atoms with Gasteiger partial charge in [-0.1, -0.05) is 30.3 Å². The standard InChI is InChI=1S/C14H21NO/c1-13(16)7-6-11-15(2)12-10-14-8-4-3-5-9-14/h3-5,8-9H,6-7,10-12H2,1-2H3. The van der Waals surface area contributed by atoms with Gasteiger partial charge < -0.3 is 9.69 Å². The van der Waals surface area contributed by atoms with Crippen LogP contribution in [0.2, 0.25) is 0 Å². The molecule has 0 atom stereocenters. The summed E-state index contributed by atoms with van der Waals surface area (Å²) >= 11 is 0. The minimum Gasteiger partial charge on any atom is -0.306 e. The number of carbonyl (C=O) groups is 1. The van der Waals surface area contributed by atoms with Crippen LogP contribution in [0.5, 0.6) is 0 Å². The van der Waals surface area contributed by atoms with Gasteiger partial charge in [0, 0.05) is 13.0 Å². The van der Waals surface area contributed by atoms with Gasteiger partial charge in [-0.15, -0.1) is 0 Å². The first-order valence-electron chi connectivity index (χ1n) is 5.90. The highest BCUT2D eigenvalue weighted by atomic mass is 16.1. The molecule has 0 bridgehead atoms. The van der Waals surface area contributed by atoms with Crippen molar-refractivity contribution in [1.29, 1.82) is 0 Å². The third kappa shape index (κ3) is 5.66. The van der Waals surface area contributed by atoms with E-state index in [2.05, 4.69) is 36.2 Å². The Morgan fingerprint density at radius 1 is 1.19 bits per heavy atom. The van der Waals surface area contributed by atoms with Crippen molar-refractivity contribution in [1.82, 2.24) is 4.90 Å². The molecule has 1 aromatic carbocycles. The predicted octanol–water partition coefficient (Wildman–Crippen LogP) is 2.53. The Morgan fingerprint density at radius 2 is 1.88 bits per heavy atom. The molecule has 88 valence electrons. The fraction of sp³-hybridized carbons (Fsp3) is 0.500. The fourth-order valence-corrected chi connectivity index (χ4v) is 1.67. The van der Waals surface area contributed by atoms with Gasteiger partial charge in [-0.3, -0.25) is 0 Å². The van der Waals surface area contributed by atoms with Gasteiger partial charge in [-0.2, -0.15) is 0 Å². The lowest BCUT2D eigenvalue weighted by atomic mass is 10.1. The number of Topliss-reactive ketones (excluding diaryl/α,β-unsaturated/α-hetero) is 1. The monoisotopic (exact) mass is 219 g/mol. The molecule has 0 N–H and O–H groups in total. The van der Waals surface area contributed by atoms with Gasteiger partial charge in [0.1, 0.15) is 5.78 Å². The molecular formula is C14H21NO. The Balaban J connectivity index is 2.15. The smallest absolute Gasteiger partial charge is 0.129 e. The fourth-order valence-electron chi connectivity index (χ4n) is 1.67. The molecule has 0 amide bonds. The largest absolute Gasteiger partial charge is 0.306 e. The molecule has 0 aliphatic carbocycles. The second-order valence-electron chi connectivity index (χ2n) is 4.34. The molecule has 0 fully saturated rings. The van der Waals surface area contributed by atoms with Crippen molar-refractivity contribution >= 4 is 5.78 Å². The topological polar surface area (TPSA) is 20.3 Å². The Kier molecular flexibility index (Phi) is 5.79. The van der Waals surface area contributed by atoms with Gasteiger partial charge in [0.15, 0.2) is 0 Å². The van der Waals surface area contributed by atoms with Gasteiger partial charge >= 0.3 is 0 Å². The summed E-state index contributed by atoms with van der Waals surface area (Å²) in [5.74, 6) is 0.288. The highest BCUT2D eigenvalue weighted by molar-refractivity contribution is 5.75. The summed E-state index contributed by atoms with van der Waals surface area (Å²) in [6, 6.07) is 10.5. The van der Waals surface area contributed by atoms with E-state index in [4.69, 9.17) is 0 Å². The van der Waals surface area contributed by atoms with Crippen molar-refractivity contribution in [2.75, 3.05) is 20.1 Å². The van der Waals surface area contributed by atoms with E-state index >= 15 is 0 Å². The van der Waals surface area contributed by atoms with Crippen LogP contribution >= 0.6 is 0 Å². The van der Waals surface area contributed by atoms with Crippen molar-refractivity contribution in [2.45, 2.75) is 26.2 Å². The highest BCUT2D eigenvalue weighted by Gasteiger charge is 2.00. The Hall–Kier alpha value is -1.15. The Labute approximate surface area is 98.3 Å². The summed E-state index contributed by atoms with van der Waals surface area (Å²) < 4.78 is 0. The normalized spacial score (nSPS) is 10.7. The molecule has 2 nitrogen and oxygen atoms in total. The molecule has 1 aromatic rings. The van der Waals surface area contributed by atoms with Gasteiger partial charge in [-0.05, 0) is 38.9 Å². The van der Waals surface area contributed by atoms with Crippen LogP contribution in [0.1, 0.15) is 25.3 Å². The van der Waals surface area contributed by atoms with Gasteiger partial charge in [0.2, 0.25) is 0 Å². The molecule has 0 unspecified atom stereocenters. The van der Waals surface area contributed by atoms with Crippen LogP contribution in [-0.4, -0.2) is 30.8 Å². The Morgan fingerprint density at radius 3 is 2.50 bits per heavy atom. The van der Waals surface area contributed by atoms with Crippen LogP contribution < -0.4 is 0 Å². The quantitative estimate of drug-likeness (QED) is 0.702. The van der Waals surface area contributed by atoms with Crippen molar-refractivity contribution in [3.63, 3.8) is 0 Å². The molecular weight excluding hydrogens is 198 g/mol. The van der Waals surface area contributed by atoms with Crippen LogP contribution in [0.25, 0.3) is 0 Å². The summed E-state index contributed by atoms with van der Waals surface area (Å²) in [5, 5.41) is 0. The minimum atomic E-state index is 0.288. The summed E-state index contributed by atoms with van der Waals surface area (Å²) in [6.07, 6.45) is 2.76. The zero-order chi connectivity index (χ0) is 11.8. The summed E-state index contributed by atoms with van der Waals surface area (Å²) in [4.78, 5) is 13.1. The van der Waals surface area contributed by atoms with E-state index in [0.717, 1.165) is 25.9 Å². The molecule has 0 aromatic heterocycles. The maximum Gasteiger partial charge on any atom is 0.129 e. The molecule has 0 saturated carbocycles. The Bertz CT molecular complexity index is 308. The number of hydrogen-bond acceptors (Lipinski definition) is 2. The van der Waals surface area contributed by atoms with E-state index < -0.39 is 0 Å². The maximum atomic E-state index is 10.8. The number of rotatable bonds is 7. The molecule has 0 spiro atoms. The first-order valence-corrected chi connectivity index (χ1v) is 5.90. The van der Waals surface area contributed by atoms with Crippen LogP contribution in [0.15, 0.2) is 30.3 Å². The van der Waals surface area contributed by atoms with E-state index in [1.54, 1.807) is 6.92 Å². The van der Waals surface area contributed by atoms with Crippen molar-refractivity contribution in [3.05, 3.63) is 35.9 Å². The average molecular weight is 219 g/mol. The van der Waals surface area contributed by atoms with E-state index in [9.17, 15) is 4.79 Å². The number of likely N-dealkylation sites (N-methyl/N-ethyl adjacent to an activating group) is 1. The van der Waals surface area contributed by atoms with Crippen LogP contribution in [0.4, 0.5) is 0 Å². The third-order valence-corrected chi connectivity index (χ3v) is 2.69. The third-order valence-electron chi connectivity index (χ3n) is 2.69. The first kappa shape index (κ1) is 12.9. The van der Waals surface area contributed by atoms with Crippen molar-refractivity contribution < 1.29 is 4.79 Å². The second-order valence-corrected chi connectivity index (χ2v) is 4.34. The lowest BCUT2D eigenvalue weighted by Gasteiger charge is -2.15. The number of nitrogens with zero attached hydrogens (tertiary/aromatic N) is 1. The predicted molar refractivity (Wildman–Crippen MR) is 67.6 cm³/mol. The SMILES string of the molecule is CC(=O)CCCN(C)CCc1ccccc1. The lowest BCUT2D eigenvalue weighted by molar-refractivity contribution is -0.117. The first-order chi connectivity index (χ1) is 7.68. The van der Waals surface area contributed by atoms with Crippen LogP contribution in [0.3, 0.4) is 0 Å². The maximum absolute atomic E-state index is 10.8. The molecule has 0 aliphatic rings. The molecule has 16 heavy (non-hydrogen) atoms. The van der Waals surface area contributed by atoms with E-state index in [0.29, 0.717) is 6.42 Å². The zero-order valence-corrected chi connectivity index (χ0v) is 10.3. The van der Waals surface area contributed by atoms with E-state index in [1.165, 1.54) is 5.56 Å². The minimum absolute atomic E-state index is 0.288.